The summed E-state index contributed by atoms with van der Waals surface area (Å²) in [5, 5.41) is 6.71. The first-order valence-electron chi connectivity index (χ1n) is 11.3. The van der Waals surface area contributed by atoms with Crippen LogP contribution in [0.4, 0.5) is 21.6 Å². The molecule has 2 aliphatic carbocycles. The number of carbonyl (C=O) groups excluding carboxylic acids is 1. The van der Waals surface area contributed by atoms with E-state index in [9.17, 15) is 9.18 Å². The maximum absolute atomic E-state index is 13.5. The van der Waals surface area contributed by atoms with Gasteiger partial charge in [0.15, 0.2) is 0 Å². The normalized spacial score (nSPS) is 15.8. The van der Waals surface area contributed by atoms with Crippen molar-refractivity contribution < 1.29 is 13.9 Å². The quantitative estimate of drug-likeness (QED) is 0.404. The Balaban J connectivity index is 1.35. The molecule has 34 heavy (non-hydrogen) atoms. The summed E-state index contributed by atoms with van der Waals surface area (Å²) in [6.07, 6.45) is 9.94. The van der Waals surface area contributed by atoms with Crippen LogP contribution in [-0.2, 0) is 4.79 Å². The van der Waals surface area contributed by atoms with Gasteiger partial charge in [-0.25, -0.2) is 14.4 Å². The minimum atomic E-state index is -0.500. The van der Waals surface area contributed by atoms with E-state index in [-0.39, 0.29) is 10.9 Å². The van der Waals surface area contributed by atoms with Crippen molar-refractivity contribution in [2.75, 3.05) is 24.3 Å². The second kappa shape index (κ2) is 9.56. The summed E-state index contributed by atoms with van der Waals surface area (Å²) < 4.78 is 19.0. The van der Waals surface area contributed by atoms with Gasteiger partial charge in [-0.1, -0.05) is 17.7 Å². The van der Waals surface area contributed by atoms with Crippen LogP contribution in [0, 0.1) is 5.82 Å². The zero-order valence-corrected chi connectivity index (χ0v) is 19.5. The minimum Gasteiger partial charge on any atom is -0.494 e. The molecule has 1 amide bonds. The molecule has 9 heteroatoms. The van der Waals surface area contributed by atoms with Crippen molar-refractivity contribution in [3.05, 3.63) is 59.7 Å². The smallest absolute Gasteiger partial charge is 0.248 e. The molecule has 2 fully saturated rings. The van der Waals surface area contributed by atoms with Crippen LogP contribution in [-0.4, -0.2) is 46.5 Å². The molecule has 2 aromatic carbocycles. The molecular weight excluding hydrogens is 457 g/mol. The maximum atomic E-state index is 13.5. The molecule has 0 atom stereocenters. The zero-order chi connectivity index (χ0) is 23.7. The molecule has 7 nitrogen and oxygen atoms in total. The first-order valence-corrected chi connectivity index (χ1v) is 11.7. The SMILES string of the molecule is COc1cc2ncnc(Nc3ccc(F)c(Cl)c3)c2cc1NC(=O)/C=C/CN(C1CC1)C1CC1. The first kappa shape index (κ1) is 22.6. The van der Waals surface area contributed by atoms with Crippen LogP contribution in [0.2, 0.25) is 5.02 Å². The molecule has 5 rings (SSSR count). The number of benzene rings is 2. The van der Waals surface area contributed by atoms with Gasteiger partial charge in [0.25, 0.3) is 0 Å². The zero-order valence-electron chi connectivity index (χ0n) is 18.7. The highest BCUT2D eigenvalue weighted by Gasteiger charge is 2.38. The topological polar surface area (TPSA) is 79.4 Å². The van der Waals surface area contributed by atoms with E-state index in [1.54, 1.807) is 24.3 Å². The molecule has 0 saturated heterocycles. The molecule has 0 radical (unpaired) electrons. The average molecular weight is 482 g/mol. The number of anilines is 3. The highest BCUT2D eigenvalue weighted by molar-refractivity contribution is 6.31. The average Bonchev–Trinajstić information content (AvgIpc) is 3.74. The van der Waals surface area contributed by atoms with Crippen LogP contribution in [0.3, 0.4) is 0 Å². The van der Waals surface area contributed by atoms with Crippen LogP contribution >= 0.6 is 11.6 Å². The van der Waals surface area contributed by atoms with E-state index in [4.69, 9.17) is 16.3 Å². The Bertz CT molecular complexity index is 1250. The number of carbonyl (C=O) groups is 1. The first-order chi connectivity index (χ1) is 16.5. The largest absolute Gasteiger partial charge is 0.494 e. The maximum Gasteiger partial charge on any atom is 0.248 e. The summed E-state index contributed by atoms with van der Waals surface area (Å²) in [5.74, 6) is 0.244. The molecule has 0 unspecified atom stereocenters. The summed E-state index contributed by atoms with van der Waals surface area (Å²) in [7, 11) is 1.54. The van der Waals surface area contributed by atoms with Crippen molar-refractivity contribution in [3.63, 3.8) is 0 Å². The number of halogens is 2. The van der Waals surface area contributed by atoms with Crippen LogP contribution in [0.5, 0.6) is 5.75 Å². The van der Waals surface area contributed by atoms with Crippen molar-refractivity contribution in [1.82, 2.24) is 14.9 Å². The Morgan fingerprint density at radius 1 is 1.21 bits per heavy atom. The van der Waals surface area contributed by atoms with E-state index in [0.717, 1.165) is 6.54 Å². The third-order valence-electron chi connectivity index (χ3n) is 6.01. The standard InChI is InChI=1S/C25H25ClFN5O2/c1-34-23-13-21-18(25(29-14-28-21)30-15-4-9-20(27)19(26)11-15)12-22(23)31-24(33)3-2-10-32(16-5-6-16)17-7-8-17/h2-4,9,11-14,16-17H,5-8,10H2,1H3,(H,31,33)(H,28,29,30)/b3-2+. The van der Waals surface area contributed by atoms with Crippen LogP contribution in [0.15, 0.2) is 48.8 Å². The van der Waals surface area contributed by atoms with Crippen LogP contribution in [0.25, 0.3) is 10.9 Å². The molecule has 0 bridgehead atoms. The van der Waals surface area contributed by atoms with Gasteiger partial charge in [0.05, 0.1) is 23.3 Å². The predicted molar refractivity (Wildman–Crippen MR) is 131 cm³/mol. The molecule has 2 saturated carbocycles. The lowest BCUT2D eigenvalue weighted by Gasteiger charge is -2.19. The van der Waals surface area contributed by atoms with Gasteiger partial charge in [-0.2, -0.15) is 0 Å². The van der Waals surface area contributed by atoms with E-state index in [0.29, 0.717) is 45.9 Å². The second-order valence-electron chi connectivity index (χ2n) is 8.60. The summed E-state index contributed by atoms with van der Waals surface area (Å²) in [4.78, 5) is 23.8. The lowest BCUT2D eigenvalue weighted by molar-refractivity contribution is -0.111. The Morgan fingerprint density at radius 3 is 2.65 bits per heavy atom. The van der Waals surface area contributed by atoms with Gasteiger partial charge in [0, 0.05) is 41.8 Å². The van der Waals surface area contributed by atoms with Gasteiger partial charge in [-0.05, 0) is 49.9 Å². The summed E-state index contributed by atoms with van der Waals surface area (Å²) in [6, 6.07) is 9.19. The molecule has 1 aromatic heterocycles. The van der Waals surface area contributed by atoms with E-state index in [1.807, 2.05) is 6.08 Å². The second-order valence-corrected chi connectivity index (χ2v) is 9.00. The lowest BCUT2D eigenvalue weighted by atomic mass is 10.1. The van der Waals surface area contributed by atoms with Gasteiger partial charge in [-0.15, -0.1) is 0 Å². The number of hydrogen-bond donors (Lipinski definition) is 2. The summed E-state index contributed by atoms with van der Waals surface area (Å²) in [5.41, 5.74) is 1.70. The fourth-order valence-corrected chi connectivity index (χ4v) is 4.21. The van der Waals surface area contributed by atoms with Gasteiger partial charge < -0.3 is 15.4 Å². The number of fused-ring (bicyclic) bond motifs is 1. The summed E-state index contributed by atoms with van der Waals surface area (Å²) in [6.45, 7) is 0.791. The van der Waals surface area contributed by atoms with E-state index in [1.165, 1.54) is 51.3 Å². The Hall–Kier alpha value is -3.23. The monoisotopic (exact) mass is 481 g/mol. The van der Waals surface area contributed by atoms with E-state index in [2.05, 4.69) is 25.5 Å². The Labute approximate surface area is 202 Å². The minimum absolute atomic E-state index is 0.00621. The van der Waals surface area contributed by atoms with E-state index < -0.39 is 5.82 Å². The number of amides is 1. The fraction of sp³-hybridized carbons (Fsp3) is 0.320. The molecule has 3 aromatic rings. The van der Waals surface area contributed by atoms with Gasteiger partial charge in [-0.3, -0.25) is 9.69 Å². The van der Waals surface area contributed by atoms with Crippen LogP contribution in [0.1, 0.15) is 25.7 Å². The molecule has 0 spiro atoms. The van der Waals surface area contributed by atoms with Crippen molar-refractivity contribution in [2.45, 2.75) is 37.8 Å². The number of rotatable bonds is 9. The molecule has 2 aliphatic rings. The lowest BCUT2D eigenvalue weighted by Crippen LogP contribution is -2.28. The van der Waals surface area contributed by atoms with Crippen LogP contribution < -0.4 is 15.4 Å². The number of ether oxygens (including phenoxy) is 1. The number of nitrogens with one attached hydrogen (secondary N) is 2. The molecular formula is C25H25ClFN5O2. The van der Waals surface area contributed by atoms with Gasteiger partial charge >= 0.3 is 0 Å². The number of nitrogens with zero attached hydrogens (tertiary/aromatic N) is 3. The highest BCUT2D eigenvalue weighted by Crippen LogP contribution is 2.37. The highest BCUT2D eigenvalue weighted by atomic mass is 35.5. The molecule has 0 aliphatic heterocycles. The number of hydrogen-bond acceptors (Lipinski definition) is 6. The Kier molecular flexibility index (Phi) is 6.34. The molecule has 1 heterocycles. The van der Waals surface area contributed by atoms with Crippen molar-refractivity contribution in [3.8, 4) is 5.75 Å². The Morgan fingerprint density at radius 2 is 1.97 bits per heavy atom. The summed E-state index contributed by atoms with van der Waals surface area (Å²) >= 11 is 5.90. The van der Waals surface area contributed by atoms with Gasteiger partial charge in [0.1, 0.15) is 23.7 Å². The number of methoxy groups -OCH3 is 1. The van der Waals surface area contributed by atoms with Crippen molar-refractivity contribution in [1.29, 1.82) is 0 Å². The fourth-order valence-electron chi connectivity index (χ4n) is 4.03. The van der Waals surface area contributed by atoms with Crippen molar-refractivity contribution in [2.24, 2.45) is 0 Å². The molecule has 176 valence electrons. The predicted octanol–water partition coefficient (Wildman–Crippen LogP) is 5.30. The van der Waals surface area contributed by atoms with E-state index >= 15 is 0 Å². The molecule has 2 N–H and O–H groups in total. The van der Waals surface area contributed by atoms with Gasteiger partial charge in [0.2, 0.25) is 5.91 Å². The van der Waals surface area contributed by atoms with Crippen molar-refractivity contribution >= 4 is 45.6 Å². The third-order valence-corrected chi connectivity index (χ3v) is 6.30. The number of aromatic nitrogens is 2. The third kappa shape index (κ3) is 5.13.